The quantitative estimate of drug-likeness (QED) is 0.497. The number of carbonyl (C=O) groups excluding carboxylic acids is 1. The van der Waals surface area contributed by atoms with Crippen molar-refractivity contribution in [3.8, 4) is 16.9 Å². The molecule has 0 aliphatic carbocycles. The second-order valence-corrected chi connectivity index (χ2v) is 6.20. The van der Waals surface area contributed by atoms with Crippen molar-refractivity contribution in [2.75, 3.05) is 5.43 Å². The lowest BCUT2D eigenvalue weighted by Crippen LogP contribution is -2.46. The molecule has 27 heavy (non-hydrogen) atoms. The first-order chi connectivity index (χ1) is 12.8. The Morgan fingerprint density at radius 1 is 1.04 bits per heavy atom. The van der Waals surface area contributed by atoms with Crippen molar-refractivity contribution in [1.82, 2.24) is 0 Å². The molecule has 0 atom stereocenters. The number of hydrogen-bond acceptors (Lipinski definition) is 3. The predicted molar refractivity (Wildman–Crippen MR) is 91.7 cm³/mol. The summed E-state index contributed by atoms with van der Waals surface area (Å²) >= 11 is 1.43. The molecule has 1 aromatic heterocycles. The van der Waals surface area contributed by atoms with E-state index in [0.29, 0.717) is 11.1 Å². The Bertz CT molecular complexity index is 898. The van der Waals surface area contributed by atoms with Crippen LogP contribution >= 0.6 is 11.3 Å². The third-order valence-corrected chi connectivity index (χ3v) is 4.18. The van der Waals surface area contributed by atoms with Crippen molar-refractivity contribution in [3.63, 3.8) is 0 Å². The summed E-state index contributed by atoms with van der Waals surface area (Å²) in [6, 6.07) is 11.9. The molecule has 4 nitrogen and oxygen atoms in total. The lowest BCUT2D eigenvalue weighted by Gasteiger charge is -2.16. The lowest BCUT2D eigenvalue weighted by molar-refractivity contribution is -0.636. The Morgan fingerprint density at radius 2 is 1.63 bits per heavy atom. The topological polar surface area (TPSA) is 42.2 Å². The number of nitrogens with one attached hydrogen (secondary N) is 1. The van der Waals surface area contributed by atoms with E-state index >= 15 is 0 Å². The van der Waals surface area contributed by atoms with Gasteiger partial charge in [-0.05, 0) is 35.4 Å². The van der Waals surface area contributed by atoms with Gasteiger partial charge in [-0.3, -0.25) is 4.79 Å². The largest absolute Gasteiger partial charge is 0.461 e. The maximum atomic E-state index is 12.9. The van der Waals surface area contributed by atoms with Crippen LogP contribution in [0.2, 0.25) is 0 Å². The van der Waals surface area contributed by atoms with Gasteiger partial charge in [0.2, 0.25) is 6.20 Å². The number of carbonyl (C=O) groups is 1. The van der Waals surface area contributed by atoms with Crippen molar-refractivity contribution in [1.29, 1.82) is 0 Å². The summed E-state index contributed by atoms with van der Waals surface area (Å²) in [5.41, 5.74) is 6.22. The number of rotatable bonds is 6. The summed E-state index contributed by atoms with van der Waals surface area (Å²) in [4.78, 5) is 12.1. The number of aromatic nitrogens is 1. The van der Waals surface area contributed by atoms with E-state index in [1.165, 1.54) is 40.3 Å². The highest BCUT2D eigenvalue weighted by atomic mass is 32.1. The second kappa shape index (κ2) is 7.75. The number of hydrogen-bond donors (Lipinski definition) is 1. The molecule has 9 heteroatoms. The maximum absolute atomic E-state index is 12.9. The zero-order valence-electron chi connectivity index (χ0n) is 13.6. The maximum Gasteiger partial charge on any atom is 0.461 e. The highest BCUT2D eigenvalue weighted by Gasteiger charge is 2.43. The Balaban J connectivity index is 1.69. The summed E-state index contributed by atoms with van der Waals surface area (Å²) in [5.74, 6) is -0.657. The summed E-state index contributed by atoms with van der Waals surface area (Å²) in [7, 11) is 0. The third kappa shape index (κ3) is 4.62. The first-order valence-electron chi connectivity index (χ1n) is 7.65. The highest BCUT2D eigenvalue weighted by molar-refractivity contribution is 7.07. The summed E-state index contributed by atoms with van der Waals surface area (Å²) in [6.07, 6.45) is -6.75. The van der Waals surface area contributed by atoms with Gasteiger partial charge >= 0.3 is 18.4 Å². The molecular weight excluding hydrogens is 384 g/mol. The first-order valence-corrected chi connectivity index (χ1v) is 8.60. The van der Waals surface area contributed by atoms with E-state index in [9.17, 15) is 22.4 Å². The molecule has 0 saturated carbocycles. The van der Waals surface area contributed by atoms with Gasteiger partial charge in [-0.2, -0.15) is 17.6 Å². The van der Waals surface area contributed by atoms with E-state index in [0.717, 1.165) is 5.56 Å². The van der Waals surface area contributed by atoms with Gasteiger partial charge in [0.1, 0.15) is 5.75 Å². The molecule has 3 rings (SSSR count). The molecule has 3 aromatic rings. The Kier molecular flexibility index (Phi) is 5.41. The molecule has 0 aliphatic rings. The van der Waals surface area contributed by atoms with Crippen molar-refractivity contribution >= 4 is 17.2 Å². The van der Waals surface area contributed by atoms with Gasteiger partial charge in [-0.1, -0.05) is 40.3 Å². The normalized spacial score (nSPS) is 11.4. The number of ether oxygens (including phenoxy) is 1. The average Bonchev–Trinajstić information content (AvgIpc) is 3.15. The van der Waals surface area contributed by atoms with Crippen molar-refractivity contribution in [3.05, 3.63) is 71.2 Å². The van der Waals surface area contributed by atoms with Crippen LogP contribution < -0.4 is 14.8 Å². The van der Waals surface area contributed by atoms with Gasteiger partial charge in [-0.15, -0.1) is 5.43 Å². The molecule has 0 unspecified atom stereocenters. The van der Waals surface area contributed by atoms with Gasteiger partial charge in [0, 0.05) is 5.56 Å². The number of nitrogens with zero attached hydrogens (tertiary/aromatic N) is 1. The van der Waals surface area contributed by atoms with E-state index in [2.05, 4.69) is 10.2 Å². The fourth-order valence-electron chi connectivity index (χ4n) is 2.21. The van der Waals surface area contributed by atoms with Crippen LogP contribution in [0.1, 0.15) is 10.4 Å². The van der Waals surface area contributed by atoms with Gasteiger partial charge in [0.05, 0.1) is 5.38 Å². The second-order valence-electron chi connectivity index (χ2n) is 5.44. The molecule has 2 aromatic carbocycles. The highest BCUT2D eigenvalue weighted by Crippen LogP contribution is 2.29. The number of benzene rings is 2. The van der Waals surface area contributed by atoms with Crippen LogP contribution in [0, 0.1) is 0 Å². The Hall–Kier alpha value is -2.94. The lowest BCUT2D eigenvalue weighted by atomic mass is 10.0. The predicted octanol–water partition coefficient (Wildman–Crippen LogP) is 4.32. The van der Waals surface area contributed by atoms with Gasteiger partial charge < -0.3 is 4.74 Å². The van der Waals surface area contributed by atoms with Gasteiger partial charge in [0.25, 0.3) is 5.51 Å². The molecule has 0 fully saturated rings. The summed E-state index contributed by atoms with van der Waals surface area (Å²) in [6.45, 7) is 0. The number of alkyl halides is 4. The minimum atomic E-state index is -4.54. The molecule has 0 aliphatic heterocycles. The van der Waals surface area contributed by atoms with Crippen molar-refractivity contribution in [2.45, 2.75) is 12.5 Å². The van der Waals surface area contributed by atoms with Crippen LogP contribution in [0.3, 0.4) is 0 Å². The van der Waals surface area contributed by atoms with E-state index in [-0.39, 0.29) is 11.7 Å². The van der Waals surface area contributed by atoms with Crippen LogP contribution in [0.5, 0.6) is 5.75 Å². The Labute approximate surface area is 155 Å². The third-order valence-electron chi connectivity index (χ3n) is 3.55. The van der Waals surface area contributed by atoms with E-state index in [4.69, 9.17) is 0 Å². The first kappa shape index (κ1) is 18.8. The standard InChI is InChI=1S/C18H12F4N2O2S/c19-17(20)18(21,22)26-15-7-5-13(6-8-15)12-1-3-14(4-2-12)16(25)23-24-9-10-27-11-24/h1-11,17H/p+1. The van der Waals surface area contributed by atoms with E-state index < -0.39 is 12.5 Å². The van der Waals surface area contributed by atoms with Gasteiger partial charge in [0.15, 0.2) is 0 Å². The number of amides is 1. The number of thiazole rings is 1. The number of halogens is 4. The summed E-state index contributed by atoms with van der Waals surface area (Å²) in [5, 5.41) is 1.81. The van der Waals surface area contributed by atoms with E-state index in [1.54, 1.807) is 36.0 Å². The van der Waals surface area contributed by atoms with Crippen molar-refractivity contribution in [2.24, 2.45) is 0 Å². The zero-order chi connectivity index (χ0) is 19.4. The molecule has 0 saturated heterocycles. The van der Waals surface area contributed by atoms with E-state index in [1.807, 2.05) is 5.38 Å². The van der Waals surface area contributed by atoms with Crippen molar-refractivity contribution < 1.29 is 31.8 Å². The van der Waals surface area contributed by atoms with Crippen LogP contribution in [-0.4, -0.2) is 18.4 Å². The molecule has 0 bridgehead atoms. The smallest absolute Gasteiger partial charge is 0.428 e. The fourth-order valence-corrected chi connectivity index (χ4v) is 2.74. The molecule has 0 spiro atoms. The minimum absolute atomic E-state index is 0.289. The molecule has 1 amide bonds. The monoisotopic (exact) mass is 397 g/mol. The van der Waals surface area contributed by atoms with Crippen LogP contribution in [0.4, 0.5) is 17.6 Å². The van der Waals surface area contributed by atoms with Crippen LogP contribution in [0.25, 0.3) is 11.1 Å². The molecule has 140 valence electrons. The zero-order valence-corrected chi connectivity index (χ0v) is 14.4. The van der Waals surface area contributed by atoms with Gasteiger partial charge in [-0.25, -0.2) is 0 Å². The van der Waals surface area contributed by atoms with Crippen LogP contribution in [0.15, 0.2) is 65.6 Å². The fraction of sp³-hybridized carbons (Fsp3) is 0.111. The minimum Gasteiger partial charge on any atom is -0.428 e. The molecule has 1 N–H and O–H groups in total. The average molecular weight is 397 g/mol. The SMILES string of the molecule is O=C(N[n+]1ccsc1)c1ccc(-c2ccc(OC(F)(F)C(F)F)cc2)cc1. The molecule has 1 heterocycles. The van der Waals surface area contributed by atoms with Crippen LogP contribution in [-0.2, 0) is 0 Å². The summed E-state index contributed by atoms with van der Waals surface area (Å²) < 4.78 is 55.7. The Morgan fingerprint density at radius 3 is 2.15 bits per heavy atom. The molecular formula is C18H13F4N2O2S+. The molecule has 0 radical (unpaired) electrons.